The van der Waals surface area contributed by atoms with E-state index in [1.807, 2.05) is 12.1 Å². The van der Waals surface area contributed by atoms with Crippen LogP contribution in [0.4, 0.5) is 10.7 Å². The van der Waals surface area contributed by atoms with Gasteiger partial charge in [0.05, 0.1) is 5.75 Å². The summed E-state index contributed by atoms with van der Waals surface area (Å²) in [7, 11) is 0. The van der Waals surface area contributed by atoms with E-state index >= 15 is 0 Å². The number of anilines is 2. The highest BCUT2D eigenvalue weighted by Gasteiger charge is 2.24. The summed E-state index contributed by atoms with van der Waals surface area (Å²) in [4.78, 5) is 18.6. The van der Waals surface area contributed by atoms with Crippen molar-refractivity contribution in [3.05, 3.63) is 34.7 Å². The van der Waals surface area contributed by atoms with Crippen molar-refractivity contribution in [2.24, 2.45) is 4.99 Å². The van der Waals surface area contributed by atoms with Gasteiger partial charge in [-0.25, -0.2) is 0 Å². The van der Waals surface area contributed by atoms with Gasteiger partial charge in [0, 0.05) is 28.6 Å². The highest BCUT2D eigenvalue weighted by molar-refractivity contribution is 8.00. The topological polar surface area (TPSA) is 72.0 Å². The number of thioether (sulfide) groups is 1. The SMILES string of the molecule is CCC1=NC(SCC(=O)Nc2ccc3c(c2)OCCO3)c2cc(CC)sc2N1. The number of amides is 1. The van der Waals surface area contributed by atoms with Gasteiger partial charge in [-0.2, -0.15) is 0 Å². The molecular weight excluding hydrogens is 394 g/mol. The molecule has 0 saturated heterocycles. The molecule has 1 amide bonds. The Balaban J connectivity index is 1.40. The van der Waals surface area contributed by atoms with Gasteiger partial charge in [-0.1, -0.05) is 13.8 Å². The van der Waals surface area contributed by atoms with Gasteiger partial charge in [0.15, 0.2) is 11.5 Å². The number of amidine groups is 1. The van der Waals surface area contributed by atoms with Crippen molar-refractivity contribution in [1.82, 2.24) is 0 Å². The second-order valence-electron chi connectivity index (χ2n) is 6.48. The quantitative estimate of drug-likeness (QED) is 0.714. The molecule has 2 aliphatic heterocycles. The van der Waals surface area contributed by atoms with Crippen LogP contribution in [0.1, 0.15) is 36.1 Å². The predicted octanol–water partition coefficient (Wildman–Crippen LogP) is 4.69. The smallest absolute Gasteiger partial charge is 0.234 e. The molecule has 1 aromatic carbocycles. The molecule has 0 fully saturated rings. The first kappa shape index (κ1) is 19.1. The molecule has 0 saturated carbocycles. The van der Waals surface area contributed by atoms with Crippen molar-refractivity contribution < 1.29 is 14.3 Å². The molecule has 1 atom stereocenters. The van der Waals surface area contributed by atoms with Crippen molar-refractivity contribution in [3.8, 4) is 11.5 Å². The maximum atomic E-state index is 12.5. The van der Waals surface area contributed by atoms with Crippen molar-refractivity contribution in [2.75, 3.05) is 29.6 Å². The first-order valence-electron chi connectivity index (χ1n) is 9.43. The van der Waals surface area contributed by atoms with Crippen LogP contribution in [0.25, 0.3) is 0 Å². The molecule has 2 aromatic rings. The molecule has 0 spiro atoms. The monoisotopic (exact) mass is 417 g/mol. The van der Waals surface area contributed by atoms with Crippen LogP contribution in [0.5, 0.6) is 11.5 Å². The fourth-order valence-electron chi connectivity index (χ4n) is 3.07. The number of fused-ring (bicyclic) bond motifs is 2. The third-order valence-corrected chi connectivity index (χ3v) is 6.80. The molecule has 0 aliphatic carbocycles. The van der Waals surface area contributed by atoms with Crippen molar-refractivity contribution >= 4 is 45.5 Å². The van der Waals surface area contributed by atoms with Gasteiger partial charge < -0.3 is 20.1 Å². The van der Waals surface area contributed by atoms with Crippen molar-refractivity contribution in [1.29, 1.82) is 0 Å². The van der Waals surface area contributed by atoms with E-state index in [2.05, 4.69) is 30.5 Å². The van der Waals surface area contributed by atoms with Gasteiger partial charge in [0.2, 0.25) is 5.91 Å². The normalized spacial score (nSPS) is 17.4. The van der Waals surface area contributed by atoms with Gasteiger partial charge in [0.25, 0.3) is 0 Å². The molecule has 1 unspecified atom stereocenters. The fourth-order valence-corrected chi connectivity index (χ4v) is 5.14. The molecule has 2 N–H and O–H groups in total. The summed E-state index contributed by atoms with van der Waals surface area (Å²) in [6.45, 7) is 5.32. The van der Waals surface area contributed by atoms with E-state index in [9.17, 15) is 4.79 Å². The Morgan fingerprint density at radius 1 is 1.25 bits per heavy atom. The van der Waals surface area contributed by atoms with E-state index in [0.717, 1.165) is 23.7 Å². The number of thiophene rings is 1. The van der Waals surface area contributed by atoms with Crippen LogP contribution >= 0.6 is 23.1 Å². The molecule has 0 radical (unpaired) electrons. The summed E-state index contributed by atoms with van der Waals surface area (Å²) in [5.74, 6) is 2.63. The number of nitrogens with zero attached hydrogens (tertiary/aromatic N) is 1. The first-order valence-corrected chi connectivity index (χ1v) is 11.3. The number of benzene rings is 1. The molecular formula is C20H23N3O3S2. The third kappa shape index (κ3) is 4.12. The number of rotatable bonds is 6. The Kier molecular flexibility index (Phi) is 5.77. The Bertz CT molecular complexity index is 910. The van der Waals surface area contributed by atoms with Crippen molar-refractivity contribution in [3.63, 3.8) is 0 Å². The number of carbonyl (C=O) groups is 1. The molecule has 8 heteroatoms. The van der Waals surface area contributed by atoms with Crippen LogP contribution in [0.15, 0.2) is 29.3 Å². The Hall–Kier alpha value is -2.19. The summed E-state index contributed by atoms with van der Waals surface area (Å²) >= 11 is 3.33. The summed E-state index contributed by atoms with van der Waals surface area (Å²) in [5.41, 5.74) is 1.89. The van der Waals surface area contributed by atoms with Crippen LogP contribution in [0.3, 0.4) is 0 Å². The lowest BCUT2D eigenvalue weighted by Crippen LogP contribution is -2.19. The predicted molar refractivity (Wildman–Crippen MR) is 116 cm³/mol. The van der Waals surface area contributed by atoms with E-state index in [0.29, 0.717) is 36.2 Å². The number of hydrogen-bond donors (Lipinski definition) is 2. The fraction of sp³-hybridized carbons (Fsp3) is 0.400. The Labute approximate surface area is 172 Å². The van der Waals surface area contributed by atoms with Gasteiger partial charge in [0.1, 0.15) is 29.4 Å². The molecule has 6 nitrogen and oxygen atoms in total. The van der Waals surface area contributed by atoms with Gasteiger partial charge in [-0.15, -0.1) is 23.1 Å². The summed E-state index contributed by atoms with van der Waals surface area (Å²) in [6, 6.07) is 7.67. The molecule has 3 heterocycles. The van der Waals surface area contributed by atoms with Crippen LogP contribution in [0.2, 0.25) is 0 Å². The van der Waals surface area contributed by atoms with Crippen LogP contribution in [-0.4, -0.2) is 30.7 Å². The average Bonchev–Trinajstić information content (AvgIpc) is 3.15. The van der Waals surface area contributed by atoms with E-state index in [1.54, 1.807) is 29.2 Å². The molecule has 2 aliphatic rings. The first-order chi connectivity index (χ1) is 13.7. The van der Waals surface area contributed by atoms with Crippen LogP contribution in [-0.2, 0) is 11.2 Å². The minimum Gasteiger partial charge on any atom is -0.486 e. The summed E-state index contributed by atoms with van der Waals surface area (Å²) < 4.78 is 11.1. The van der Waals surface area contributed by atoms with Crippen LogP contribution < -0.4 is 20.1 Å². The molecule has 1 aromatic heterocycles. The highest BCUT2D eigenvalue weighted by atomic mass is 32.2. The summed E-state index contributed by atoms with van der Waals surface area (Å²) in [6.07, 6.45) is 1.85. The number of hydrogen-bond acceptors (Lipinski definition) is 7. The standard InChI is InChI=1S/C20H23N3O3S2/c1-3-13-10-14-19(22-17(4-2)23-20(14)28-13)27-11-18(24)21-12-5-6-15-16(9-12)26-8-7-25-15/h5-6,9-10,19H,3-4,7-8,11H2,1-2H3,(H,21,24)(H,22,23). The van der Waals surface area contributed by atoms with Crippen molar-refractivity contribution in [2.45, 2.75) is 32.1 Å². The molecule has 4 rings (SSSR count). The Morgan fingerprint density at radius 3 is 2.86 bits per heavy atom. The number of carbonyl (C=O) groups excluding carboxylic acids is 1. The molecule has 28 heavy (non-hydrogen) atoms. The average molecular weight is 418 g/mol. The zero-order chi connectivity index (χ0) is 19.5. The minimum atomic E-state index is -0.0547. The zero-order valence-corrected chi connectivity index (χ0v) is 17.5. The number of aliphatic imine (C=N–C) groups is 1. The van der Waals surface area contributed by atoms with Gasteiger partial charge >= 0.3 is 0 Å². The second kappa shape index (κ2) is 8.45. The zero-order valence-electron chi connectivity index (χ0n) is 15.9. The Morgan fingerprint density at radius 2 is 2.07 bits per heavy atom. The largest absolute Gasteiger partial charge is 0.486 e. The van der Waals surface area contributed by atoms with E-state index in [-0.39, 0.29) is 11.3 Å². The number of nitrogens with one attached hydrogen (secondary N) is 2. The molecule has 148 valence electrons. The summed E-state index contributed by atoms with van der Waals surface area (Å²) in [5, 5.41) is 7.47. The van der Waals surface area contributed by atoms with E-state index < -0.39 is 0 Å². The maximum absolute atomic E-state index is 12.5. The van der Waals surface area contributed by atoms with Gasteiger partial charge in [-0.05, 0) is 24.6 Å². The lowest BCUT2D eigenvalue weighted by molar-refractivity contribution is -0.113. The lowest BCUT2D eigenvalue weighted by atomic mass is 10.2. The number of ether oxygens (including phenoxy) is 2. The third-order valence-electron chi connectivity index (χ3n) is 4.49. The second-order valence-corrected chi connectivity index (χ2v) is 8.68. The number of aryl methyl sites for hydroxylation is 1. The lowest BCUT2D eigenvalue weighted by Gasteiger charge is -2.21. The van der Waals surface area contributed by atoms with E-state index in [1.165, 1.54) is 10.4 Å². The highest BCUT2D eigenvalue weighted by Crippen LogP contribution is 2.43. The van der Waals surface area contributed by atoms with Crippen LogP contribution in [0, 0.1) is 0 Å². The molecule has 0 bridgehead atoms. The van der Waals surface area contributed by atoms with Gasteiger partial charge in [-0.3, -0.25) is 9.79 Å². The minimum absolute atomic E-state index is 0.0474. The maximum Gasteiger partial charge on any atom is 0.234 e. The van der Waals surface area contributed by atoms with E-state index in [4.69, 9.17) is 14.5 Å².